The number of benzene rings is 3. The Morgan fingerprint density at radius 2 is 1.62 bits per heavy atom. The van der Waals surface area contributed by atoms with Gasteiger partial charge >= 0.3 is 0 Å². The van der Waals surface area contributed by atoms with E-state index >= 15 is 0 Å². The van der Waals surface area contributed by atoms with Crippen LogP contribution in [0.5, 0.6) is 5.75 Å². The van der Waals surface area contributed by atoms with Crippen molar-refractivity contribution < 1.29 is 9.53 Å². The van der Waals surface area contributed by atoms with Crippen LogP contribution in [0.15, 0.2) is 102 Å². The van der Waals surface area contributed by atoms with E-state index in [0.717, 1.165) is 16.9 Å². The van der Waals surface area contributed by atoms with Crippen LogP contribution < -0.4 is 15.6 Å². The van der Waals surface area contributed by atoms with Crippen LogP contribution in [0.1, 0.15) is 0 Å². The van der Waals surface area contributed by atoms with Crippen molar-refractivity contribution in [3.8, 4) is 22.7 Å². The average Bonchev–Trinajstić information content (AvgIpc) is 3.28. The van der Waals surface area contributed by atoms with E-state index in [1.54, 1.807) is 31.4 Å². The molecule has 0 bridgehead atoms. The van der Waals surface area contributed by atoms with E-state index in [4.69, 9.17) is 4.74 Å². The van der Waals surface area contributed by atoms with Gasteiger partial charge in [-0.15, -0.1) is 0 Å². The molecule has 3 aromatic carbocycles. The highest BCUT2D eigenvalue weighted by molar-refractivity contribution is 5.91. The highest BCUT2D eigenvalue weighted by atomic mass is 16.5. The van der Waals surface area contributed by atoms with Gasteiger partial charge < -0.3 is 10.1 Å². The number of nitrogens with one attached hydrogen (secondary N) is 1. The number of fused-ring (bicyclic) bond motifs is 1. The van der Waals surface area contributed by atoms with Crippen LogP contribution in [0.3, 0.4) is 0 Å². The lowest BCUT2D eigenvalue weighted by atomic mass is 10.1. The molecule has 0 aliphatic heterocycles. The van der Waals surface area contributed by atoms with Gasteiger partial charge in [0.2, 0.25) is 5.91 Å². The van der Waals surface area contributed by atoms with Crippen LogP contribution in [0.2, 0.25) is 0 Å². The zero-order valence-corrected chi connectivity index (χ0v) is 18.5. The number of ether oxygens (including phenoxy) is 1. The van der Waals surface area contributed by atoms with Crippen molar-refractivity contribution in [1.29, 1.82) is 0 Å². The highest BCUT2D eigenvalue weighted by Crippen LogP contribution is 2.29. The molecule has 7 heteroatoms. The Bertz CT molecular complexity index is 1510. The lowest BCUT2D eigenvalue weighted by Gasteiger charge is -2.11. The molecule has 1 N–H and O–H groups in total. The number of anilines is 1. The van der Waals surface area contributed by atoms with Gasteiger partial charge in [0.25, 0.3) is 5.56 Å². The second-order valence-corrected chi connectivity index (χ2v) is 7.76. The number of carbonyl (C=O) groups is 1. The van der Waals surface area contributed by atoms with E-state index in [-0.39, 0.29) is 18.0 Å². The predicted octanol–water partition coefficient (Wildman–Crippen LogP) is 4.50. The molecule has 168 valence electrons. The molecule has 0 spiro atoms. The molecule has 5 aromatic rings. The van der Waals surface area contributed by atoms with Crippen LogP contribution in [0.25, 0.3) is 28.0 Å². The molecule has 34 heavy (non-hydrogen) atoms. The summed E-state index contributed by atoms with van der Waals surface area (Å²) in [7, 11) is 1.58. The fraction of sp³-hybridized carbons (Fsp3) is 0.0741. The van der Waals surface area contributed by atoms with Gasteiger partial charge in [-0.2, -0.15) is 0 Å². The summed E-state index contributed by atoms with van der Waals surface area (Å²) in [4.78, 5) is 30.5. The SMILES string of the molecule is COc1ccc(NC(=O)Cn2cnc3c(cc(-c4ccccc4)n3-c3ccccc3)c2=O)cc1. The van der Waals surface area contributed by atoms with E-state index in [9.17, 15) is 9.59 Å². The maximum atomic E-state index is 13.3. The van der Waals surface area contributed by atoms with Crippen molar-refractivity contribution >= 4 is 22.6 Å². The summed E-state index contributed by atoms with van der Waals surface area (Å²) in [6.07, 6.45) is 1.42. The number of hydrogen-bond donors (Lipinski definition) is 1. The summed E-state index contributed by atoms with van der Waals surface area (Å²) in [5.74, 6) is 0.375. The average molecular weight is 450 g/mol. The standard InChI is InChI=1S/C27H22N4O3/c1-34-22-14-12-20(13-15-22)29-25(32)17-30-18-28-26-23(27(30)33)16-24(19-8-4-2-5-9-19)31(26)21-10-6-3-7-11-21/h2-16,18H,17H2,1H3,(H,29,32). The molecule has 0 fully saturated rings. The van der Waals surface area contributed by atoms with E-state index < -0.39 is 0 Å². The van der Waals surface area contributed by atoms with Gasteiger partial charge in [-0.05, 0) is 48.0 Å². The second kappa shape index (κ2) is 9.07. The monoisotopic (exact) mass is 450 g/mol. The minimum absolute atomic E-state index is 0.148. The first-order chi connectivity index (χ1) is 16.6. The molecule has 0 aliphatic rings. The molecule has 0 saturated carbocycles. The Morgan fingerprint density at radius 1 is 0.941 bits per heavy atom. The molecule has 0 atom stereocenters. The summed E-state index contributed by atoms with van der Waals surface area (Å²) in [5, 5.41) is 3.24. The molecule has 0 radical (unpaired) electrons. The molecular weight excluding hydrogens is 428 g/mol. The summed E-state index contributed by atoms with van der Waals surface area (Å²) in [6, 6.07) is 28.5. The second-order valence-electron chi connectivity index (χ2n) is 7.76. The van der Waals surface area contributed by atoms with Gasteiger partial charge in [0, 0.05) is 11.4 Å². The van der Waals surface area contributed by atoms with Gasteiger partial charge in [-0.25, -0.2) is 4.98 Å². The Hall–Kier alpha value is -4.65. The zero-order valence-electron chi connectivity index (χ0n) is 18.5. The molecule has 0 aliphatic carbocycles. The number of hydrogen-bond acceptors (Lipinski definition) is 4. The van der Waals surface area contributed by atoms with Crippen molar-refractivity contribution in [2.45, 2.75) is 6.54 Å². The number of nitrogens with zero attached hydrogens (tertiary/aromatic N) is 3. The Kier molecular flexibility index (Phi) is 5.66. The lowest BCUT2D eigenvalue weighted by Crippen LogP contribution is -2.27. The maximum Gasteiger partial charge on any atom is 0.263 e. The first-order valence-electron chi connectivity index (χ1n) is 10.8. The fourth-order valence-electron chi connectivity index (χ4n) is 3.92. The first kappa shape index (κ1) is 21.2. The van der Waals surface area contributed by atoms with Crippen molar-refractivity contribution in [3.05, 3.63) is 108 Å². The number of rotatable bonds is 6. The van der Waals surface area contributed by atoms with Gasteiger partial charge in [0.1, 0.15) is 18.6 Å². The van der Waals surface area contributed by atoms with Gasteiger partial charge in [-0.3, -0.25) is 18.7 Å². The highest BCUT2D eigenvalue weighted by Gasteiger charge is 2.17. The Labute approximate surface area is 195 Å². The third-order valence-electron chi connectivity index (χ3n) is 5.56. The molecule has 7 nitrogen and oxygen atoms in total. The number of carbonyl (C=O) groups excluding carboxylic acids is 1. The number of aromatic nitrogens is 3. The minimum atomic E-state index is -0.320. The lowest BCUT2D eigenvalue weighted by molar-refractivity contribution is -0.116. The first-order valence-corrected chi connectivity index (χ1v) is 10.8. The van der Waals surface area contributed by atoms with E-state index in [1.807, 2.05) is 71.3 Å². The Morgan fingerprint density at radius 3 is 2.29 bits per heavy atom. The van der Waals surface area contributed by atoms with Crippen molar-refractivity contribution in [3.63, 3.8) is 0 Å². The van der Waals surface area contributed by atoms with Crippen LogP contribution in [0, 0.1) is 0 Å². The number of para-hydroxylation sites is 1. The van der Waals surface area contributed by atoms with Gasteiger partial charge in [0.15, 0.2) is 5.65 Å². The van der Waals surface area contributed by atoms with Crippen molar-refractivity contribution in [2.24, 2.45) is 0 Å². The molecule has 0 unspecified atom stereocenters. The van der Waals surface area contributed by atoms with E-state index in [2.05, 4.69) is 10.3 Å². The normalized spacial score (nSPS) is 10.9. The summed E-state index contributed by atoms with van der Waals surface area (Å²) >= 11 is 0. The largest absolute Gasteiger partial charge is 0.497 e. The third kappa shape index (κ3) is 4.06. The fourth-order valence-corrected chi connectivity index (χ4v) is 3.92. The van der Waals surface area contributed by atoms with Crippen LogP contribution in [-0.2, 0) is 11.3 Å². The molecule has 2 aromatic heterocycles. The van der Waals surface area contributed by atoms with Crippen molar-refractivity contribution in [1.82, 2.24) is 14.1 Å². The van der Waals surface area contributed by atoms with Crippen LogP contribution in [-0.4, -0.2) is 27.1 Å². The zero-order chi connectivity index (χ0) is 23.5. The topological polar surface area (TPSA) is 78.2 Å². The molecular formula is C27H22N4O3. The minimum Gasteiger partial charge on any atom is -0.497 e. The molecule has 2 heterocycles. The molecule has 1 amide bonds. The number of methoxy groups -OCH3 is 1. The maximum absolute atomic E-state index is 13.3. The van der Waals surface area contributed by atoms with Crippen molar-refractivity contribution in [2.75, 3.05) is 12.4 Å². The van der Waals surface area contributed by atoms with E-state index in [0.29, 0.717) is 22.5 Å². The third-order valence-corrected chi connectivity index (χ3v) is 5.56. The summed E-state index contributed by atoms with van der Waals surface area (Å²) in [6.45, 7) is -0.148. The Balaban J connectivity index is 1.53. The molecule has 5 rings (SSSR count). The summed E-state index contributed by atoms with van der Waals surface area (Å²) in [5.41, 5.74) is 3.61. The van der Waals surface area contributed by atoms with E-state index in [1.165, 1.54) is 10.9 Å². The smallest absolute Gasteiger partial charge is 0.263 e. The van der Waals surface area contributed by atoms with Gasteiger partial charge in [-0.1, -0.05) is 48.5 Å². The summed E-state index contributed by atoms with van der Waals surface area (Å²) < 4.78 is 8.42. The molecule has 0 saturated heterocycles. The van der Waals surface area contributed by atoms with Gasteiger partial charge in [0.05, 0.1) is 18.2 Å². The van der Waals surface area contributed by atoms with Crippen LogP contribution in [0.4, 0.5) is 5.69 Å². The quantitative estimate of drug-likeness (QED) is 0.413. The van der Waals surface area contributed by atoms with Crippen LogP contribution >= 0.6 is 0 Å². The number of amides is 1. The predicted molar refractivity (Wildman–Crippen MR) is 132 cm³/mol.